The molecule has 0 fully saturated rings. The van der Waals surface area contributed by atoms with Gasteiger partial charge in [-0.2, -0.15) is 18.3 Å². The number of nitrogens with one attached hydrogen (secondary N) is 2. The molecule has 0 bridgehead atoms. The Labute approximate surface area is 227 Å². The Morgan fingerprint density at radius 3 is 2.47 bits per heavy atom. The van der Waals surface area contributed by atoms with Crippen molar-refractivity contribution in [2.75, 3.05) is 24.0 Å². The Morgan fingerprint density at radius 1 is 1.13 bits per heavy atom. The third kappa shape index (κ3) is 7.77. The molecule has 2 N–H and O–H groups in total. The van der Waals surface area contributed by atoms with E-state index in [1.807, 2.05) is 22.6 Å². The van der Waals surface area contributed by atoms with E-state index in [9.17, 15) is 32.5 Å². The third-order valence-corrected chi connectivity index (χ3v) is 5.53. The summed E-state index contributed by atoms with van der Waals surface area (Å²) in [7, 11) is 0. The smallest absolute Gasteiger partial charge is 0.416 e. The highest BCUT2D eigenvalue weighted by molar-refractivity contribution is 14.1. The van der Waals surface area contributed by atoms with Gasteiger partial charge in [0, 0.05) is 11.8 Å². The molecule has 0 saturated carbocycles. The van der Waals surface area contributed by atoms with Crippen LogP contribution in [-0.4, -0.2) is 30.3 Å². The SMILES string of the molecule is CCOc1cc(/C=N\Nc2ccc(C(F)(F)F)cc2[N+](=O)[O-])cc(I)c1OCC(=O)Nc1ccc(F)cc1. The van der Waals surface area contributed by atoms with Crippen molar-refractivity contribution in [1.82, 2.24) is 0 Å². The number of nitrogens with zero attached hydrogens (tertiary/aromatic N) is 2. The fourth-order valence-electron chi connectivity index (χ4n) is 3.06. The van der Waals surface area contributed by atoms with Gasteiger partial charge in [-0.05, 0) is 83.6 Å². The number of alkyl halides is 3. The number of benzene rings is 3. The van der Waals surface area contributed by atoms with Gasteiger partial charge in [0.1, 0.15) is 11.5 Å². The maximum atomic E-state index is 13.0. The van der Waals surface area contributed by atoms with Crippen LogP contribution in [0.1, 0.15) is 18.1 Å². The fraction of sp³-hybridized carbons (Fsp3) is 0.167. The minimum absolute atomic E-state index is 0.230. The summed E-state index contributed by atoms with van der Waals surface area (Å²) in [4.78, 5) is 22.5. The first kappa shape index (κ1) is 28.6. The van der Waals surface area contributed by atoms with E-state index in [0.29, 0.717) is 27.0 Å². The Kier molecular flexibility index (Phi) is 9.44. The topological polar surface area (TPSA) is 115 Å². The molecule has 1 amide bonds. The number of nitro benzene ring substituents is 1. The lowest BCUT2D eigenvalue weighted by molar-refractivity contribution is -0.384. The first-order chi connectivity index (χ1) is 18.0. The number of hydrazone groups is 1. The average molecular weight is 646 g/mol. The summed E-state index contributed by atoms with van der Waals surface area (Å²) < 4.78 is 63.5. The molecular weight excluding hydrogens is 627 g/mol. The van der Waals surface area contributed by atoms with Gasteiger partial charge in [0.25, 0.3) is 11.6 Å². The van der Waals surface area contributed by atoms with Crippen LogP contribution in [-0.2, 0) is 11.0 Å². The Bertz CT molecular complexity index is 1350. The molecule has 0 saturated heterocycles. The third-order valence-electron chi connectivity index (χ3n) is 4.73. The molecule has 0 aliphatic carbocycles. The lowest BCUT2D eigenvalue weighted by atomic mass is 10.1. The molecule has 38 heavy (non-hydrogen) atoms. The first-order valence-corrected chi connectivity index (χ1v) is 11.8. The zero-order valence-electron chi connectivity index (χ0n) is 19.5. The van der Waals surface area contributed by atoms with Crippen molar-refractivity contribution >= 4 is 51.8 Å². The minimum atomic E-state index is -4.73. The monoisotopic (exact) mass is 646 g/mol. The highest BCUT2D eigenvalue weighted by Crippen LogP contribution is 2.36. The van der Waals surface area contributed by atoms with E-state index in [0.717, 1.165) is 6.07 Å². The second kappa shape index (κ2) is 12.5. The standard InChI is InChI=1S/C24H19F4IN4O5/c1-2-37-21-10-14(12-30-32-19-8-3-15(24(26,27)28)11-20(19)33(35)36)9-18(29)23(21)38-13-22(34)31-17-6-4-16(25)5-7-17/h3-12,32H,2,13H2,1H3,(H,31,34)/b30-12-. The molecule has 0 heterocycles. The van der Waals surface area contributed by atoms with Crippen molar-refractivity contribution < 1.29 is 36.8 Å². The Morgan fingerprint density at radius 2 is 1.84 bits per heavy atom. The second-order valence-electron chi connectivity index (χ2n) is 7.46. The molecule has 200 valence electrons. The first-order valence-electron chi connectivity index (χ1n) is 10.8. The van der Waals surface area contributed by atoms with E-state index in [1.165, 1.54) is 30.5 Å². The number of carbonyl (C=O) groups excluding carboxylic acids is 1. The van der Waals surface area contributed by atoms with Gasteiger partial charge < -0.3 is 14.8 Å². The van der Waals surface area contributed by atoms with Gasteiger partial charge in [-0.25, -0.2) is 4.39 Å². The van der Waals surface area contributed by atoms with E-state index in [-0.39, 0.29) is 30.4 Å². The molecule has 9 nitrogen and oxygen atoms in total. The van der Waals surface area contributed by atoms with Crippen LogP contribution < -0.4 is 20.2 Å². The molecule has 0 unspecified atom stereocenters. The zero-order chi connectivity index (χ0) is 27.9. The molecule has 0 aliphatic rings. The summed E-state index contributed by atoms with van der Waals surface area (Å²) in [5, 5.41) is 17.7. The van der Waals surface area contributed by atoms with Crippen LogP contribution in [0.2, 0.25) is 0 Å². The van der Waals surface area contributed by atoms with Crippen molar-refractivity contribution in [3.05, 3.63) is 85.2 Å². The highest BCUT2D eigenvalue weighted by atomic mass is 127. The van der Waals surface area contributed by atoms with Gasteiger partial charge in [-0.3, -0.25) is 20.3 Å². The van der Waals surface area contributed by atoms with E-state index in [1.54, 1.807) is 19.1 Å². The van der Waals surface area contributed by atoms with Crippen LogP contribution in [0.5, 0.6) is 11.5 Å². The highest BCUT2D eigenvalue weighted by Gasteiger charge is 2.33. The number of nitro groups is 1. The molecular formula is C24H19F4IN4O5. The van der Waals surface area contributed by atoms with Crippen LogP contribution in [0.3, 0.4) is 0 Å². The number of amides is 1. The fourth-order valence-corrected chi connectivity index (χ4v) is 3.84. The van der Waals surface area contributed by atoms with Crippen molar-refractivity contribution in [3.63, 3.8) is 0 Å². The van der Waals surface area contributed by atoms with Crippen molar-refractivity contribution in [3.8, 4) is 11.5 Å². The Balaban J connectivity index is 1.73. The number of halogens is 5. The minimum Gasteiger partial charge on any atom is -0.490 e. The molecule has 0 aliphatic heterocycles. The molecule has 0 aromatic heterocycles. The number of carbonyl (C=O) groups is 1. The van der Waals surface area contributed by atoms with Gasteiger partial charge in [-0.15, -0.1) is 0 Å². The summed E-state index contributed by atoms with van der Waals surface area (Å²) >= 11 is 1.96. The van der Waals surface area contributed by atoms with Gasteiger partial charge in [0.15, 0.2) is 18.1 Å². The van der Waals surface area contributed by atoms with Gasteiger partial charge in [-0.1, -0.05) is 0 Å². The summed E-state index contributed by atoms with van der Waals surface area (Å²) in [6.07, 6.45) is -3.44. The average Bonchev–Trinajstić information content (AvgIpc) is 2.84. The number of ether oxygens (including phenoxy) is 2. The van der Waals surface area contributed by atoms with Gasteiger partial charge in [0.2, 0.25) is 0 Å². The molecule has 14 heteroatoms. The summed E-state index contributed by atoms with van der Waals surface area (Å²) in [6.45, 7) is 1.65. The summed E-state index contributed by atoms with van der Waals surface area (Å²) in [6, 6.07) is 10.4. The lowest BCUT2D eigenvalue weighted by Crippen LogP contribution is -2.20. The molecule has 0 spiro atoms. The van der Waals surface area contributed by atoms with E-state index in [2.05, 4.69) is 15.8 Å². The van der Waals surface area contributed by atoms with Gasteiger partial charge >= 0.3 is 6.18 Å². The molecule has 0 radical (unpaired) electrons. The predicted molar refractivity (Wildman–Crippen MR) is 140 cm³/mol. The normalized spacial score (nSPS) is 11.3. The van der Waals surface area contributed by atoms with E-state index < -0.39 is 34.1 Å². The summed E-state index contributed by atoms with van der Waals surface area (Å²) in [5.41, 5.74) is 1.08. The van der Waals surface area contributed by atoms with Crippen LogP contribution in [0.4, 0.5) is 34.6 Å². The van der Waals surface area contributed by atoms with Crippen LogP contribution in [0, 0.1) is 19.5 Å². The van der Waals surface area contributed by atoms with Crippen molar-refractivity contribution in [2.24, 2.45) is 5.10 Å². The predicted octanol–water partition coefficient (Wildman–Crippen LogP) is 6.22. The molecule has 0 atom stereocenters. The largest absolute Gasteiger partial charge is 0.490 e. The maximum Gasteiger partial charge on any atom is 0.416 e. The Hall–Kier alpha value is -3.95. The van der Waals surface area contributed by atoms with E-state index in [4.69, 9.17) is 9.47 Å². The number of anilines is 2. The maximum absolute atomic E-state index is 13.0. The molecule has 3 aromatic carbocycles. The summed E-state index contributed by atoms with van der Waals surface area (Å²) in [5.74, 6) is -0.351. The van der Waals surface area contributed by atoms with Crippen LogP contribution in [0.15, 0.2) is 59.7 Å². The van der Waals surface area contributed by atoms with Gasteiger partial charge in [0.05, 0.1) is 26.9 Å². The quantitative estimate of drug-likeness (QED) is 0.0889. The zero-order valence-corrected chi connectivity index (χ0v) is 21.7. The van der Waals surface area contributed by atoms with Crippen LogP contribution >= 0.6 is 22.6 Å². The number of hydrogen-bond donors (Lipinski definition) is 2. The second-order valence-corrected chi connectivity index (χ2v) is 8.63. The van der Waals surface area contributed by atoms with Crippen molar-refractivity contribution in [1.29, 1.82) is 0 Å². The molecule has 3 aromatic rings. The lowest BCUT2D eigenvalue weighted by Gasteiger charge is -2.14. The number of hydrogen-bond acceptors (Lipinski definition) is 7. The van der Waals surface area contributed by atoms with E-state index >= 15 is 0 Å². The molecule has 3 rings (SSSR count). The number of rotatable bonds is 10. The van der Waals surface area contributed by atoms with Crippen LogP contribution in [0.25, 0.3) is 0 Å². The van der Waals surface area contributed by atoms with Crippen molar-refractivity contribution in [2.45, 2.75) is 13.1 Å².